The van der Waals surface area contributed by atoms with E-state index >= 15 is 0 Å². The number of amides is 1. The molecular weight excluding hydrogens is 364 g/mol. The molecule has 2 aromatic carbocycles. The van der Waals surface area contributed by atoms with Gasteiger partial charge in [0, 0.05) is 37.7 Å². The third kappa shape index (κ3) is 5.62. The highest BCUT2D eigenvalue weighted by Crippen LogP contribution is 2.25. The lowest BCUT2D eigenvalue weighted by Gasteiger charge is -2.34. The van der Waals surface area contributed by atoms with Crippen molar-refractivity contribution in [3.63, 3.8) is 0 Å². The van der Waals surface area contributed by atoms with E-state index in [1.54, 1.807) is 7.11 Å². The van der Waals surface area contributed by atoms with Gasteiger partial charge in [0.05, 0.1) is 20.1 Å². The van der Waals surface area contributed by atoms with Gasteiger partial charge in [0.15, 0.2) is 11.5 Å². The van der Waals surface area contributed by atoms with Gasteiger partial charge in [-0.2, -0.15) is 0 Å². The average Bonchev–Trinajstić information content (AvgIpc) is 2.70. The second-order valence-electron chi connectivity index (χ2n) is 6.53. The van der Waals surface area contributed by atoms with Gasteiger partial charge in [0.25, 0.3) is 0 Å². The predicted molar refractivity (Wildman–Crippen MR) is 106 cm³/mol. The number of carbonyl (C=O) groups is 1. The fourth-order valence-electron chi connectivity index (χ4n) is 3.15. The second kappa shape index (κ2) is 9.62. The Labute approximate surface area is 165 Å². The summed E-state index contributed by atoms with van der Waals surface area (Å²) in [6, 6.07) is 15.4. The largest absolute Gasteiger partial charge is 0.493 e. The maximum Gasteiger partial charge on any atom is 0.226 e. The lowest BCUT2D eigenvalue weighted by molar-refractivity contribution is -0.133. The van der Waals surface area contributed by atoms with Crippen LogP contribution in [0, 0.1) is 0 Å². The van der Waals surface area contributed by atoms with Gasteiger partial charge >= 0.3 is 0 Å². The molecule has 144 valence electrons. The fourth-order valence-corrected chi connectivity index (χ4v) is 3.27. The van der Waals surface area contributed by atoms with Crippen LogP contribution >= 0.6 is 11.6 Å². The summed E-state index contributed by atoms with van der Waals surface area (Å²) in [5, 5.41) is 0.754. The molecule has 3 rings (SSSR count). The van der Waals surface area contributed by atoms with Crippen LogP contribution in [0.1, 0.15) is 12.0 Å². The first kappa shape index (κ1) is 19.5. The summed E-state index contributed by atoms with van der Waals surface area (Å²) in [6.45, 7) is 4.49. The summed E-state index contributed by atoms with van der Waals surface area (Å²) in [5.74, 6) is 1.48. The highest BCUT2D eigenvalue weighted by molar-refractivity contribution is 6.30. The van der Waals surface area contributed by atoms with Crippen molar-refractivity contribution in [1.29, 1.82) is 0 Å². The second-order valence-corrected chi connectivity index (χ2v) is 6.97. The van der Waals surface area contributed by atoms with Gasteiger partial charge in [0.1, 0.15) is 0 Å². The van der Waals surface area contributed by atoms with E-state index in [1.165, 1.54) is 5.56 Å². The number of methoxy groups -OCH3 is 1. The molecule has 1 aliphatic heterocycles. The normalized spacial score (nSPS) is 14.8. The molecule has 0 aliphatic carbocycles. The molecule has 0 radical (unpaired) electrons. The number of rotatable bonds is 7. The zero-order valence-corrected chi connectivity index (χ0v) is 16.3. The van der Waals surface area contributed by atoms with Crippen molar-refractivity contribution in [3.8, 4) is 11.5 Å². The molecule has 27 heavy (non-hydrogen) atoms. The summed E-state index contributed by atoms with van der Waals surface area (Å²) < 4.78 is 11.0. The van der Waals surface area contributed by atoms with E-state index in [2.05, 4.69) is 17.0 Å². The Morgan fingerprint density at radius 3 is 2.33 bits per heavy atom. The van der Waals surface area contributed by atoms with Crippen LogP contribution in [-0.4, -0.2) is 55.6 Å². The Balaban J connectivity index is 1.40. The van der Waals surface area contributed by atoms with Gasteiger partial charge in [-0.15, -0.1) is 0 Å². The molecule has 1 saturated heterocycles. The molecule has 2 aromatic rings. The summed E-state index contributed by atoms with van der Waals surface area (Å²) in [4.78, 5) is 16.7. The molecule has 5 nitrogen and oxygen atoms in total. The van der Waals surface area contributed by atoms with Crippen molar-refractivity contribution in [2.75, 3.05) is 39.9 Å². The lowest BCUT2D eigenvalue weighted by atomic mass is 10.2. The Morgan fingerprint density at radius 1 is 1.00 bits per heavy atom. The minimum atomic E-state index is 0.135. The minimum absolute atomic E-state index is 0.135. The van der Waals surface area contributed by atoms with Crippen LogP contribution in [0.15, 0.2) is 48.5 Å². The first-order chi connectivity index (χ1) is 13.2. The van der Waals surface area contributed by atoms with Crippen LogP contribution in [0.2, 0.25) is 5.02 Å². The number of ether oxygens (including phenoxy) is 2. The van der Waals surface area contributed by atoms with Gasteiger partial charge in [-0.3, -0.25) is 9.69 Å². The summed E-state index contributed by atoms with van der Waals surface area (Å²) in [6.07, 6.45) is 0.370. The third-order valence-corrected chi connectivity index (χ3v) is 4.94. The van der Waals surface area contributed by atoms with Crippen molar-refractivity contribution < 1.29 is 14.3 Å². The molecule has 1 fully saturated rings. The van der Waals surface area contributed by atoms with Crippen molar-refractivity contribution in [3.05, 3.63) is 59.1 Å². The van der Waals surface area contributed by atoms with Gasteiger partial charge in [-0.05, 0) is 29.8 Å². The third-order valence-electron chi connectivity index (χ3n) is 4.69. The van der Waals surface area contributed by atoms with Crippen molar-refractivity contribution >= 4 is 17.5 Å². The van der Waals surface area contributed by atoms with Gasteiger partial charge in [-0.25, -0.2) is 0 Å². The standard InChI is InChI=1S/C21H25ClN2O3/c1-26-19-4-2-3-5-20(19)27-15-10-21(25)24-13-11-23(12-14-24)16-17-6-8-18(22)9-7-17/h2-9H,10-16H2,1H3. The van der Waals surface area contributed by atoms with Crippen molar-refractivity contribution in [1.82, 2.24) is 9.80 Å². The molecule has 0 saturated carbocycles. The molecule has 0 unspecified atom stereocenters. The van der Waals surface area contributed by atoms with Crippen LogP contribution in [0.3, 0.4) is 0 Å². The number of nitrogens with zero attached hydrogens (tertiary/aromatic N) is 2. The number of hydrogen-bond acceptors (Lipinski definition) is 4. The highest BCUT2D eigenvalue weighted by Gasteiger charge is 2.21. The van der Waals surface area contributed by atoms with E-state index in [1.807, 2.05) is 41.3 Å². The smallest absolute Gasteiger partial charge is 0.226 e. The molecule has 0 spiro atoms. The molecule has 1 aliphatic rings. The number of benzene rings is 2. The van der Waals surface area contributed by atoms with Gasteiger partial charge in [-0.1, -0.05) is 35.9 Å². The van der Waals surface area contributed by atoms with E-state index in [-0.39, 0.29) is 5.91 Å². The van der Waals surface area contributed by atoms with Crippen LogP contribution in [0.5, 0.6) is 11.5 Å². The Kier molecular flexibility index (Phi) is 6.96. The summed E-state index contributed by atoms with van der Waals surface area (Å²) >= 11 is 5.93. The number of halogens is 1. The molecule has 1 amide bonds. The lowest BCUT2D eigenvalue weighted by Crippen LogP contribution is -2.48. The van der Waals surface area contributed by atoms with E-state index in [4.69, 9.17) is 21.1 Å². The Morgan fingerprint density at radius 2 is 1.67 bits per heavy atom. The number of hydrogen-bond donors (Lipinski definition) is 0. The number of piperazine rings is 1. The molecule has 6 heteroatoms. The number of carbonyl (C=O) groups excluding carboxylic acids is 1. The van der Waals surface area contributed by atoms with Crippen LogP contribution < -0.4 is 9.47 Å². The van der Waals surface area contributed by atoms with Gasteiger partial charge < -0.3 is 14.4 Å². The van der Waals surface area contributed by atoms with E-state index < -0.39 is 0 Å². The number of para-hydroxylation sites is 2. The van der Waals surface area contributed by atoms with Crippen molar-refractivity contribution in [2.24, 2.45) is 0 Å². The monoisotopic (exact) mass is 388 g/mol. The molecule has 1 heterocycles. The first-order valence-electron chi connectivity index (χ1n) is 9.16. The zero-order chi connectivity index (χ0) is 19.1. The van der Waals surface area contributed by atoms with E-state index in [0.717, 1.165) is 37.7 Å². The van der Waals surface area contributed by atoms with E-state index in [9.17, 15) is 4.79 Å². The minimum Gasteiger partial charge on any atom is -0.493 e. The molecule has 0 bridgehead atoms. The summed E-state index contributed by atoms with van der Waals surface area (Å²) in [7, 11) is 1.61. The molecule has 0 aromatic heterocycles. The molecule has 0 N–H and O–H groups in total. The Bertz CT molecular complexity index is 743. The Hall–Kier alpha value is -2.24. The van der Waals surface area contributed by atoms with Gasteiger partial charge in [0.2, 0.25) is 5.91 Å². The van der Waals surface area contributed by atoms with Crippen LogP contribution in [-0.2, 0) is 11.3 Å². The SMILES string of the molecule is COc1ccccc1OCCC(=O)N1CCN(Cc2ccc(Cl)cc2)CC1. The maximum atomic E-state index is 12.4. The predicted octanol–water partition coefficient (Wildman–Crippen LogP) is 3.46. The van der Waals surface area contributed by atoms with Crippen LogP contribution in [0.25, 0.3) is 0 Å². The average molecular weight is 389 g/mol. The topological polar surface area (TPSA) is 42.0 Å². The van der Waals surface area contributed by atoms with Crippen molar-refractivity contribution in [2.45, 2.75) is 13.0 Å². The zero-order valence-electron chi connectivity index (χ0n) is 15.6. The first-order valence-corrected chi connectivity index (χ1v) is 9.54. The molecule has 0 atom stereocenters. The quantitative estimate of drug-likeness (QED) is 0.728. The summed E-state index contributed by atoms with van der Waals surface area (Å²) in [5.41, 5.74) is 1.24. The molecular formula is C21H25ClN2O3. The fraction of sp³-hybridized carbons (Fsp3) is 0.381. The maximum absolute atomic E-state index is 12.4. The van der Waals surface area contributed by atoms with E-state index in [0.29, 0.717) is 24.5 Å². The van der Waals surface area contributed by atoms with Crippen LogP contribution in [0.4, 0.5) is 0 Å². The highest BCUT2D eigenvalue weighted by atomic mass is 35.5.